The summed E-state index contributed by atoms with van der Waals surface area (Å²) in [6.45, 7) is 1.81. The predicted molar refractivity (Wildman–Crippen MR) is 68.6 cm³/mol. The molecule has 2 heterocycles. The first kappa shape index (κ1) is 10.1. The van der Waals surface area contributed by atoms with E-state index in [4.69, 9.17) is 0 Å². The summed E-state index contributed by atoms with van der Waals surface area (Å²) >= 11 is 0. The number of fused-ring (bicyclic) bond motifs is 1. The first-order valence-electron chi connectivity index (χ1n) is 5.63. The lowest BCUT2D eigenvalue weighted by Gasteiger charge is -2.13. The van der Waals surface area contributed by atoms with Gasteiger partial charge in [0.25, 0.3) is 5.56 Å². The molecule has 4 heteroatoms. The molecule has 3 rings (SSSR count). The zero-order valence-electron chi connectivity index (χ0n) is 9.60. The zero-order chi connectivity index (χ0) is 11.8. The fourth-order valence-electron chi connectivity index (χ4n) is 2.18. The lowest BCUT2D eigenvalue weighted by molar-refractivity contribution is 0.557. The number of benzene rings is 1. The van der Waals surface area contributed by atoms with Gasteiger partial charge in [-0.15, -0.1) is 0 Å². The Hall–Kier alpha value is -2.10. The summed E-state index contributed by atoms with van der Waals surface area (Å²) in [5.41, 5.74) is 1.03. The Kier molecular flexibility index (Phi) is 2.21. The van der Waals surface area contributed by atoms with E-state index in [0.717, 1.165) is 35.3 Å². The zero-order valence-corrected chi connectivity index (χ0v) is 9.60. The molecule has 4 nitrogen and oxygen atoms in total. The van der Waals surface area contributed by atoms with Crippen LogP contribution < -0.4 is 5.56 Å². The molecule has 0 saturated heterocycles. The molecule has 0 bridgehead atoms. The molecule has 2 aromatic rings. The molecular formula is C13H13N3O. The van der Waals surface area contributed by atoms with Gasteiger partial charge < -0.3 is 9.88 Å². The van der Waals surface area contributed by atoms with Crippen molar-refractivity contribution in [3.63, 3.8) is 0 Å². The second-order valence-corrected chi connectivity index (χ2v) is 4.24. The highest BCUT2D eigenvalue weighted by atomic mass is 16.1. The van der Waals surface area contributed by atoms with Gasteiger partial charge in [-0.3, -0.25) is 9.79 Å². The quantitative estimate of drug-likeness (QED) is 0.796. The molecule has 86 valence electrons. The van der Waals surface area contributed by atoms with Crippen LogP contribution in [0, 0.1) is 0 Å². The maximum atomic E-state index is 11.6. The molecule has 0 unspecified atom stereocenters. The molecule has 1 aliphatic heterocycles. The van der Waals surface area contributed by atoms with Crippen LogP contribution in [0.3, 0.4) is 0 Å². The van der Waals surface area contributed by atoms with Gasteiger partial charge in [-0.1, -0.05) is 6.07 Å². The number of amidine groups is 1. The number of aromatic nitrogens is 1. The highest BCUT2D eigenvalue weighted by molar-refractivity contribution is 6.02. The van der Waals surface area contributed by atoms with E-state index < -0.39 is 0 Å². The maximum absolute atomic E-state index is 11.6. The summed E-state index contributed by atoms with van der Waals surface area (Å²) in [7, 11) is 2.04. The van der Waals surface area contributed by atoms with E-state index >= 15 is 0 Å². The van der Waals surface area contributed by atoms with Crippen LogP contribution in [-0.2, 0) is 0 Å². The molecule has 1 aromatic heterocycles. The summed E-state index contributed by atoms with van der Waals surface area (Å²) < 4.78 is 0. The fraction of sp³-hybridized carbons (Fsp3) is 0.231. The smallest absolute Gasteiger partial charge is 0.255 e. The van der Waals surface area contributed by atoms with Gasteiger partial charge in [0, 0.05) is 30.7 Å². The van der Waals surface area contributed by atoms with E-state index in [1.54, 1.807) is 6.20 Å². The Morgan fingerprint density at radius 3 is 3.00 bits per heavy atom. The minimum Gasteiger partial charge on any atom is -0.358 e. The van der Waals surface area contributed by atoms with Crippen LogP contribution in [0.15, 0.2) is 40.2 Å². The predicted octanol–water partition coefficient (Wildman–Crippen LogP) is 1.22. The first-order chi connectivity index (χ1) is 8.25. The summed E-state index contributed by atoms with van der Waals surface area (Å²) in [5, 5.41) is 1.67. The van der Waals surface area contributed by atoms with Gasteiger partial charge in [0.2, 0.25) is 0 Å². The van der Waals surface area contributed by atoms with Crippen molar-refractivity contribution >= 4 is 16.6 Å². The van der Waals surface area contributed by atoms with Crippen molar-refractivity contribution in [1.82, 2.24) is 9.88 Å². The maximum Gasteiger partial charge on any atom is 0.255 e. The van der Waals surface area contributed by atoms with E-state index in [1.807, 2.05) is 31.3 Å². The molecule has 1 N–H and O–H groups in total. The number of pyridine rings is 1. The normalized spacial score (nSPS) is 15.4. The van der Waals surface area contributed by atoms with Crippen molar-refractivity contribution in [1.29, 1.82) is 0 Å². The molecule has 0 atom stereocenters. The lowest BCUT2D eigenvalue weighted by atomic mass is 10.1. The van der Waals surface area contributed by atoms with Gasteiger partial charge in [-0.25, -0.2) is 0 Å². The number of nitrogens with one attached hydrogen (secondary N) is 1. The van der Waals surface area contributed by atoms with E-state index in [1.165, 1.54) is 0 Å². The van der Waals surface area contributed by atoms with Gasteiger partial charge >= 0.3 is 0 Å². The van der Waals surface area contributed by atoms with Crippen LogP contribution in [0.25, 0.3) is 10.8 Å². The lowest BCUT2D eigenvalue weighted by Crippen LogP contribution is -2.23. The topological polar surface area (TPSA) is 48.5 Å². The number of aliphatic imine (C=N–C) groups is 1. The van der Waals surface area contributed by atoms with E-state index in [9.17, 15) is 4.79 Å². The van der Waals surface area contributed by atoms with Gasteiger partial charge in [0.1, 0.15) is 5.84 Å². The molecule has 0 aliphatic carbocycles. The fourth-order valence-corrected chi connectivity index (χ4v) is 2.18. The van der Waals surface area contributed by atoms with Gasteiger partial charge in [-0.2, -0.15) is 0 Å². The largest absolute Gasteiger partial charge is 0.358 e. The summed E-state index contributed by atoms with van der Waals surface area (Å²) in [6, 6.07) is 7.75. The second kappa shape index (κ2) is 3.73. The second-order valence-electron chi connectivity index (χ2n) is 4.24. The van der Waals surface area contributed by atoms with E-state index in [2.05, 4.69) is 14.9 Å². The number of nitrogens with zero attached hydrogens (tertiary/aromatic N) is 2. The minimum atomic E-state index is -0.0456. The highest BCUT2D eigenvalue weighted by Crippen LogP contribution is 2.15. The van der Waals surface area contributed by atoms with Crippen LogP contribution in [-0.4, -0.2) is 35.9 Å². The molecular weight excluding hydrogens is 214 g/mol. The Morgan fingerprint density at radius 2 is 2.24 bits per heavy atom. The van der Waals surface area contributed by atoms with Crippen molar-refractivity contribution in [3.05, 3.63) is 46.4 Å². The SMILES string of the molecule is CN1CCN=C1c1ccc2c(=O)[nH]ccc2c1. The first-order valence-corrected chi connectivity index (χ1v) is 5.63. The number of aromatic amines is 1. The molecule has 0 radical (unpaired) electrons. The van der Waals surface area contributed by atoms with Crippen molar-refractivity contribution < 1.29 is 0 Å². The molecule has 1 aromatic carbocycles. The standard InChI is InChI=1S/C13H13N3O/c1-16-7-6-14-12(16)10-2-3-11-9(8-10)4-5-15-13(11)17/h2-5,8H,6-7H2,1H3,(H,15,17). The van der Waals surface area contributed by atoms with E-state index in [-0.39, 0.29) is 5.56 Å². The monoisotopic (exact) mass is 227 g/mol. The summed E-state index contributed by atoms with van der Waals surface area (Å²) in [5.74, 6) is 1.01. The molecule has 0 fully saturated rings. The van der Waals surface area contributed by atoms with Gasteiger partial charge in [0.05, 0.1) is 6.54 Å². The van der Waals surface area contributed by atoms with Crippen molar-refractivity contribution in [3.8, 4) is 0 Å². The van der Waals surface area contributed by atoms with Crippen molar-refractivity contribution in [2.45, 2.75) is 0 Å². The highest BCUT2D eigenvalue weighted by Gasteiger charge is 2.14. The molecule has 17 heavy (non-hydrogen) atoms. The Balaban J connectivity index is 2.17. The van der Waals surface area contributed by atoms with Crippen LogP contribution in [0.4, 0.5) is 0 Å². The van der Waals surface area contributed by atoms with E-state index in [0.29, 0.717) is 0 Å². The van der Waals surface area contributed by atoms with Gasteiger partial charge in [-0.05, 0) is 23.6 Å². The number of hydrogen-bond acceptors (Lipinski definition) is 3. The third-order valence-corrected chi connectivity index (χ3v) is 3.09. The molecule has 0 saturated carbocycles. The summed E-state index contributed by atoms with van der Waals surface area (Å²) in [6.07, 6.45) is 1.68. The third kappa shape index (κ3) is 1.62. The van der Waals surface area contributed by atoms with Crippen LogP contribution in [0.5, 0.6) is 0 Å². The van der Waals surface area contributed by atoms with Crippen molar-refractivity contribution in [2.75, 3.05) is 20.1 Å². The number of hydrogen-bond donors (Lipinski definition) is 1. The van der Waals surface area contributed by atoms with Crippen LogP contribution in [0.1, 0.15) is 5.56 Å². The van der Waals surface area contributed by atoms with Crippen molar-refractivity contribution in [2.24, 2.45) is 4.99 Å². The van der Waals surface area contributed by atoms with Crippen LogP contribution in [0.2, 0.25) is 0 Å². The Bertz CT molecular complexity index is 657. The number of H-pyrrole nitrogens is 1. The summed E-state index contributed by atoms with van der Waals surface area (Å²) in [4.78, 5) is 20.9. The number of rotatable bonds is 1. The Morgan fingerprint density at radius 1 is 1.35 bits per heavy atom. The minimum absolute atomic E-state index is 0.0456. The number of likely N-dealkylation sites (N-methyl/N-ethyl adjacent to an activating group) is 1. The van der Waals surface area contributed by atoms with Crippen LogP contribution >= 0.6 is 0 Å². The average molecular weight is 227 g/mol. The third-order valence-electron chi connectivity index (χ3n) is 3.09. The van der Waals surface area contributed by atoms with Gasteiger partial charge in [0.15, 0.2) is 0 Å². The molecule has 0 amide bonds. The molecule has 0 spiro atoms. The Labute approximate surface area is 98.6 Å². The average Bonchev–Trinajstić information content (AvgIpc) is 2.75. The molecule has 1 aliphatic rings.